The monoisotopic (exact) mass is 293 g/mol. The van der Waals surface area contributed by atoms with Crippen LogP contribution >= 0.6 is 23.2 Å². The third kappa shape index (κ3) is 2.75. The van der Waals surface area contributed by atoms with Crippen molar-refractivity contribution in [2.75, 3.05) is 5.73 Å². The highest BCUT2D eigenvalue weighted by atomic mass is 35.5. The number of nitrogen functional groups attached to an aromatic ring is 1. The lowest BCUT2D eigenvalue weighted by molar-refractivity contribution is 0.103. The lowest BCUT2D eigenvalue weighted by atomic mass is 9.96. The molecule has 0 radical (unpaired) electrons. The SMILES string of the molecule is Cc1cc(C)c(C(=O)c2cc(Cl)ccc2Cl)cc1N. The molecule has 4 heteroatoms. The van der Waals surface area contributed by atoms with E-state index in [0.717, 1.165) is 11.1 Å². The van der Waals surface area contributed by atoms with E-state index in [-0.39, 0.29) is 5.78 Å². The zero-order chi connectivity index (χ0) is 14.2. The van der Waals surface area contributed by atoms with E-state index in [1.54, 1.807) is 24.3 Å². The standard InChI is InChI=1S/C15H13Cl2NO/c1-8-5-9(2)14(18)7-11(8)15(19)12-6-10(16)3-4-13(12)17/h3-7H,18H2,1-2H3. The van der Waals surface area contributed by atoms with Crippen LogP contribution in [0.3, 0.4) is 0 Å². The molecule has 0 spiro atoms. The summed E-state index contributed by atoms with van der Waals surface area (Å²) in [6.07, 6.45) is 0. The zero-order valence-electron chi connectivity index (χ0n) is 10.6. The molecule has 0 saturated carbocycles. The summed E-state index contributed by atoms with van der Waals surface area (Å²) in [6.45, 7) is 3.78. The minimum absolute atomic E-state index is 0.170. The van der Waals surface area contributed by atoms with Gasteiger partial charge in [-0.15, -0.1) is 0 Å². The molecule has 0 atom stereocenters. The first-order valence-corrected chi connectivity index (χ1v) is 6.52. The molecule has 2 rings (SSSR count). The van der Waals surface area contributed by atoms with Gasteiger partial charge in [-0.1, -0.05) is 29.3 Å². The second-order valence-electron chi connectivity index (χ2n) is 4.48. The van der Waals surface area contributed by atoms with Gasteiger partial charge in [0.2, 0.25) is 0 Å². The second kappa shape index (κ2) is 5.24. The van der Waals surface area contributed by atoms with Gasteiger partial charge >= 0.3 is 0 Å². The van der Waals surface area contributed by atoms with Crippen molar-refractivity contribution in [3.8, 4) is 0 Å². The molecule has 0 amide bonds. The summed E-state index contributed by atoms with van der Waals surface area (Å²) in [5.41, 5.74) is 9.21. The van der Waals surface area contributed by atoms with Crippen LogP contribution in [-0.4, -0.2) is 5.78 Å². The first-order valence-electron chi connectivity index (χ1n) is 5.76. The molecule has 19 heavy (non-hydrogen) atoms. The molecular weight excluding hydrogens is 281 g/mol. The highest BCUT2D eigenvalue weighted by Gasteiger charge is 2.16. The predicted octanol–water partition coefficient (Wildman–Crippen LogP) is 4.42. The summed E-state index contributed by atoms with van der Waals surface area (Å²) in [4.78, 5) is 12.5. The summed E-state index contributed by atoms with van der Waals surface area (Å²) in [7, 11) is 0. The van der Waals surface area contributed by atoms with E-state index in [9.17, 15) is 4.79 Å². The third-order valence-corrected chi connectivity index (χ3v) is 3.60. The molecule has 0 saturated heterocycles. The van der Waals surface area contributed by atoms with Gasteiger partial charge in [0.1, 0.15) is 0 Å². The van der Waals surface area contributed by atoms with Crippen LogP contribution in [0.1, 0.15) is 27.0 Å². The first kappa shape index (κ1) is 13.9. The van der Waals surface area contributed by atoms with Crippen molar-refractivity contribution in [1.82, 2.24) is 0 Å². The summed E-state index contributed by atoms with van der Waals surface area (Å²) < 4.78 is 0. The second-order valence-corrected chi connectivity index (χ2v) is 5.32. The fourth-order valence-corrected chi connectivity index (χ4v) is 2.31. The number of nitrogens with two attached hydrogens (primary N) is 1. The number of carbonyl (C=O) groups excluding carboxylic acids is 1. The van der Waals surface area contributed by atoms with E-state index in [4.69, 9.17) is 28.9 Å². The van der Waals surface area contributed by atoms with Gasteiger partial charge in [0, 0.05) is 21.8 Å². The zero-order valence-corrected chi connectivity index (χ0v) is 12.1. The van der Waals surface area contributed by atoms with Crippen LogP contribution in [0.4, 0.5) is 5.69 Å². The fourth-order valence-electron chi connectivity index (χ4n) is 1.93. The van der Waals surface area contributed by atoms with E-state index >= 15 is 0 Å². The van der Waals surface area contributed by atoms with E-state index in [1.165, 1.54) is 0 Å². The van der Waals surface area contributed by atoms with Gasteiger partial charge in [0.25, 0.3) is 0 Å². The Morgan fingerprint density at radius 3 is 2.37 bits per heavy atom. The number of anilines is 1. The highest BCUT2D eigenvalue weighted by molar-refractivity contribution is 6.36. The molecule has 0 aliphatic rings. The Balaban J connectivity index is 2.56. The average molecular weight is 294 g/mol. The van der Waals surface area contributed by atoms with Crippen molar-refractivity contribution in [1.29, 1.82) is 0 Å². The lowest BCUT2D eigenvalue weighted by Crippen LogP contribution is -2.06. The fraction of sp³-hybridized carbons (Fsp3) is 0.133. The maximum Gasteiger partial charge on any atom is 0.194 e. The van der Waals surface area contributed by atoms with Crippen molar-refractivity contribution < 1.29 is 4.79 Å². The molecule has 2 nitrogen and oxygen atoms in total. The van der Waals surface area contributed by atoms with Crippen LogP contribution in [0, 0.1) is 13.8 Å². The van der Waals surface area contributed by atoms with E-state index in [2.05, 4.69) is 0 Å². The summed E-state index contributed by atoms with van der Waals surface area (Å²) >= 11 is 12.0. The number of aryl methyl sites for hydroxylation is 2. The predicted molar refractivity (Wildman–Crippen MR) is 80.2 cm³/mol. The van der Waals surface area contributed by atoms with Crippen LogP contribution in [0.2, 0.25) is 10.0 Å². The van der Waals surface area contributed by atoms with Crippen LogP contribution in [0.25, 0.3) is 0 Å². The summed E-state index contributed by atoms with van der Waals surface area (Å²) in [6, 6.07) is 8.41. The maximum absolute atomic E-state index is 12.5. The topological polar surface area (TPSA) is 43.1 Å². The van der Waals surface area contributed by atoms with Crippen molar-refractivity contribution in [2.24, 2.45) is 0 Å². The number of hydrogen-bond acceptors (Lipinski definition) is 2. The first-order chi connectivity index (χ1) is 8.90. The smallest absolute Gasteiger partial charge is 0.194 e. The quantitative estimate of drug-likeness (QED) is 0.658. The number of rotatable bonds is 2. The van der Waals surface area contributed by atoms with Gasteiger partial charge in [0.15, 0.2) is 5.78 Å². The molecule has 0 heterocycles. The number of halogens is 2. The van der Waals surface area contributed by atoms with Gasteiger partial charge in [-0.25, -0.2) is 0 Å². The summed E-state index contributed by atoms with van der Waals surface area (Å²) in [5, 5.41) is 0.860. The van der Waals surface area contributed by atoms with E-state index in [1.807, 2.05) is 19.9 Å². The molecule has 2 N–H and O–H groups in total. The molecule has 0 aliphatic carbocycles. The van der Waals surface area contributed by atoms with E-state index < -0.39 is 0 Å². The van der Waals surface area contributed by atoms with Gasteiger partial charge in [-0.3, -0.25) is 4.79 Å². The van der Waals surface area contributed by atoms with E-state index in [0.29, 0.717) is 26.9 Å². The Hall–Kier alpha value is -1.51. The van der Waals surface area contributed by atoms with Gasteiger partial charge in [0.05, 0.1) is 5.02 Å². The van der Waals surface area contributed by atoms with Gasteiger partial charge < -0.3 is 5.73 Å². The summed E-state index contributed by atoms with van der Waals surface area (Å²) in [5.74, 6) is -0.170. The number of benzene rings is 2. The average Bonchev–Trinajstić information content (AvgIpc) is 2.36. The Bertz CT molecular complexity index is 665. The van der Waals surface area contributed by atoms with Crippen LogP contribution in [0.5, 0.6) is 0 Å². The Kier molecular flexibility index (Phi) is 3.83. The highest BCUT2D eigenvalue weighted by Crippen LogP contribution is 2.26. The molecule has 0 unspecified atom stereocenters. The minimum atomic E-state index is -0.170. The van der Waals surface area contributed by atoms with Crippen molar-refractivity contribution in [2.45, 2.75) is 13.8 Å². The number of hydrogen-bond donors (Lipinski definition) is 1. The Morgan fingerprint density at radius 2 is 1.68 bits per heavy atom. The third-order valence-electron chi connectivity index (χ3n) is 3.03. The minimum Gasteiger partial charge on any atom is -0.398 e. The molecule has 0 fully saturated rings. The molecule has 2 aromatic carbocycles. The molecule has 0 bridgehead atoms. The lowest BCUT2D eigenvalue weighted by Gasteiger charge is -2.10. The number of ketones is 1. The molecule has 0 aromatic heterocycles. The van der Waals surface area contributed by atoms with Crippen molar-refractivity contribution in [3.63, 3.8) is 0 Å². The van der Waals surface area contributed by atoms with Crippen LogP contribution < -0.4 is 5.73 Å². The Labute approximate surface area is 122 Å². The van der Waals surface area contributed by atoms with Crippen molar-refractivity contribution in [3.05, 3.63) is 62.6 Å². The molecular formula is C15H13Cl2NO. The molecule has 98 valence electrons. The largest absolute Gasteiger partial charge is 0.398 e. The maximum atomic E-state index is 12.5. The molecule has 0 aliphatic heterocycles. The van der Waals surface area contributed by atoms with Crippen LogP contribution in [0.15, 0.2) is 30.3 Å². The number of carbonyl (C=O) groups is 1. The van der Waals surface area contributed by atoms with Gasteiger partial charge in [-0.2, -0.15) is 0 Å². The normalized spacial score (nSPS) is 10.5. The Morgan fingerprint density at radius 1 is 1.00 bits per heavy atom. The van der Waals surface area contributed by atoms with Crippen molar-refractivity contribution >= 4 is 34.7 Å². The molecule has 2 aromatic rings. The van der Waals surface area contributed by atoms with Crippen LogP contribution in [-0.2, 0) is 0 Å². The van der Waals surface area contributed by atoms with Gasteiger partial charge in [-0.05, 0) is 49.2 Å².